The highest BCUT2D eigenvalue weighted by Gasteiger charge is 2.26. The molecule has 9 nitrogen and oxygen atoms in total. The van der Waals surface area contributed by atoms with E-state index in [4.69, 9.17) is 18.9 Å². The van der Waals surface area contributed by atoms with E-state index in [-0.39, 0.29) is 25.2 Å². The predicted molar refractivity (Wildman–Crippen MR) is 109 cm³/mol. The molecule has 2 aromatic rings. The normalized spacial score (nSPS) is 15.4. The van der Waals surface area contributed by atoms with Gasteiger partial charge in [-0.15, -0.1) is 0 Å². The van der Waals surface area contributed by atoms with Crippen molar-refractivity contribution in [1.29, 1.82) is 0 Å². The molecule has 0 atom stereocenters. The highest BCUT2D eigenvalue weighted by Crippen LogP contribution is 2.33. The average molecular weight is 414 g/mol. The summed E-state index contributed by atoms with van der Waals surface area (Å²) < 4.78 is 21.2. The number of ether oxygens (including phenoxy) is 4. The number of rotatable bonds is 8. The van der Waals surface area contributed by atoms with Crippen LogP contribution in [0.3, 0.4) is 0 Å². The Morgan fingerprint density at radius 2 is 1.80 bits per heavy atom. The van der Waals surface area contributed by atoms with Crippen LogP contribution in [0.5, 0.6) is 23.3 Å². The molecule has 1 aromatic carbocycles. The van der Waals surface area contributed by atoms with Gasteiger partial charge in [0, 0.05) is 12.6 Å². The number of amides is 1. The van der Waals surface area contributed by atoms with E-state index in [2.05, 4.69) is 20.2 Å². The molecule has 1 aliphatic carbocycles. The van der Waals surface area contributed by atoms with Gasteiger partial charge < -0.3 is 18.9 Å². The Hall–Kier alpha value is -3.07. The van der Waals surface area contributed by atoms with Gasteiger partial charge in [0.15, 0.2) is 11.5 Å². The van der Waals surface area contributed by atoms with Gasteiger partial charge in [-0.2, -0.15) is 9.97 Å². The second kappa shape index (κ2) is 9.17. The van der Waals surface area contributed by atoms with Gasteiger partial charge in [0.1, 0.15) is 0 Å². The highest BCUT2D eigenvalue weighted by molar-refractivity contribution is 5.90. The molecular weight excluding hydrogens is 388 g/mol. The molecule has 1 fully saturated rings. The molecule has 30 heavy (non-hydrogen) atoms. The summed E-state index contributed by atoms with van der Waals surface area (Å²) in [5.74, 6) is 2.13. The van der Waals surface area contributed by atoms with E-state index >= 15 is 0 Å². The summed E-state index contributed by atoms with van der Waals surface area (Å²) in [7, 11) is 3.00. The van der Waals surface area contributed by atoms with Gasteiger partial charge in [0.25, 0.3) is 0 Å². The van der Waals surface area contributed by atoms with Gasteiger partial charge >= 0.3 is 0 Å². The summed E-state index contributed by atoms with van der Waals surface area (Å²) in [6, 6.07) is 7.84. The second-order valence-corrected chi connectivity index (χ2v) is 7.36. The molecular formula is C21H26N4O5. The minimum atomic E-state index is -0.182. The molecule has 9 heteroatoms. The van der Waals surface area contributed by atoms with E-state index in [0.717, 1.165) is 29.9 Å². The van der Waals surface area contributed by atoms with Gasteiger partial charge in [-0.05, 0) is 30.5 Å². The smallest absolute Gasteiger partial charge is 0.240 e. The van der Waals surface area contributed by atoms with Crippen molar-refractivity contribution in [1.82, 2.24) is 14.9 Å². The molecule has 0 spiro atoms. The Kier molecular flexibility index (Phi) is 6.18. The molecule has 2 heterocycles. The average Bonchev–Trinajstić information content (AvgIpc) is 3.44. The quantitative estimate of drug-likeness (QED) is 0.704. The van der Waals surface area contributed by atoms with Crippen molar-refractivity contribution in [3.63, 3.8) is 0 Å². The number of nitrogens with one attached hydrogen (secondary N) is 1. The first-order valence-corrected chi connectivity index (χ1v) is 10.0. The second-order valence-electron chi connectivity index (χ2n) is 7.36. The number of carbonyl (C=O) groups is 1. The lowest BCUT2D eigenvalue weighted by molar-refractivity contribution is -0.118. The minimum absolute atomic E-state index is 0.158. The Balaban J connectivity index is 1.46. The number of hydrogen-bond acceptors (Lipinski definition) is 8. The lowest BCUT2D eigenvalue weighted by Crippen LogP contribution is -2.39. The molecule has 1 amide bonds. The topological polar surface area (TPSA) is 95.0 Å². The fourth-order valence-corrected chi connectivity index (χ4v) is 3.87. The zero-order chi connectivity index (χ0) is 20.9. The first kappa shape index (κ1) is 20.2. The van der Waals surface area contributed by atoms with Crippen molar-refractivity contribution < 1.29 is 23.7 Å². The Bertz CT molecular complexity index is 879. The maximum absolute atomic E-state index is 12.8. The van der Waals surface area contributed by atoms with Crippen molar-refractivity contribution in [3.05, 3.63) is 29.8 Å². The van der Waals surface area contributed by atoms with Crippen molar-refractivity contribution in [2.45, 2.75) is 38.3 Å². The molecule has 4 rings (SSSR count). The van der Waals surface area contributed by atoms with Crippen molar-refractivity contribution in [2.75, 3.05) is 32.9 Å². The number of fused-ring (bicyclic) bond motifs is 1. The monoisotopic (exact) mass is 414 g/mol. The molecule has 1 saturated carbocycles. The predicted octanol–water partition coefficient (Wildman–Crippen LogP) is 2.61. The molecule has 1 aromatic heterocycles. The van der Waals surface area contributed by atoms with Crippen LogP contribution in [-0.4, -0.2) is 54.4 Å². The number of aromatic nitrogens is 2. The Morgan fingerprint density at radius 1 is 1.10 bits per heavy atom. The van der Waals surface area contributed by atoms with Crippen molar-refractivity contribution >= 4 is 11.9 Å². The van der Waals surface area contributed by atoms with Crippen LogP contribution >= 0.6 is 0 Å². The van der Waals surface area contributed by atoms with E-state index in [1.165, 1.54) is 27.1 Å². The third-order valence-electron chi connectivity index (χ3n) is 5.36. The minimum Gasteiger partial charge on any atom is -0.481 e. The SMILES string of the molecule is COc1cc(OC)nc(NC(=O)CN(Cc2ccc3c(c2)OCO3)C2CCCC2)n1. The molecule has 1 N–H and O–H groups in total. The third-order valence-corrected chi connectivity index (χ3v) is 5.36. The standard InChI is InChI=1S/C21H26N4O5/c1-27-19-10-20(28-2)24-21(23-19)22-18(26)12-25(15-5-3-4-6-15)11-14-7-8-16-17(9-14)30-13-29-16/h7-10,15H,3-6,11-13H2,1-2H3,(H,22,23,24,26). The maximum Gasteiger partial charge on any atom is 0.240 e. The van der Waals surface area contributed by atoms with Crippen LogP contribution in [0.1, 0.15) is 31.2 Å². The van der Waals surface area contributed by atoms with Crippen LogP contribution < -0.4 is 24.3 Å². The van der Waals surface area contributed by atoms with Gasteiger partial charge in [-0.1, -0.05) is 18.9 Å². The van der Waals surface area contributed by atoms with Gasteiger partial charge in [-0.3, -0.25) is 15.0 Å². The summed E-state index contributed by atoms with van der Waals surface area (Å²) in [6.07, 6.45) is 4.53. The van der Waals surface area contributed by atoms with Gasteiger partial charge in [0.2, 0.25) is 30.4 Å². The summed E-state index contributed by atoms with van der Waals surface area (Å²) in [4.78, 5) is 23.4. The lowest BCUT2D eigenvalue weighted by atomic mass is 10.1. The van der Waals surface area contributed by atoms with Crippen LogP contribution in [-0.2, 0) is 11.3 Å². The summed E-state index contributed by atoms with van der Waals surface area (Å²) >= 11 is 0. The molecule has 0 bridgehead atoms. The maximum atomic E-state index is 12.8. The summed E-state index contributed by atoms with van der Waals surface area (Å²) in [5.41, 5.74) is 1.08. The van der Waals surface area contributed by atoms with Crippen molar-refractivity contribution in [2.24, 2.45) is 0 Å². The van der Waals surface area contributed by atoms with Gasteiger partial charge in [-0.25, -0.2) is 0 Å². The molecule has 0 radical (unpaired) electrons. The largest absolute Gasteiger partial charge is 0.481 e. The van der Waals surface area contributed by atoms with E-state index in [9.17, 15) is 4.79 Å². The zero-order valence-electron chi connectivity index (χ0n) is 17.2. The molecule has 160 valence electrons. The third kappa shape index (κ3) is 4.73. The first-order valence-electron chi connectivity index (χ1n) is 10.0. The van der Waals surface area contributed by atoms with Crippen LogP contribution in [0.25, 0.3) is 0 Å². The number of methoxy groups -OCH3 is 2. The van der Waals surface area contributed by atoms with Crippen LogP contribution in [0.15, 0.2) is 24.3 Å². The van der Waals surface area contributed by atoms with E-state index in [1.54, 1.807) is 6.07 Å². The van der Waals surface area contributed by atoms with E-state index < -0.39 is 0 Å². The van der Waals surface area contributed by atoms with E-state index in [0.29, 0.717) is 24.3 Å². The number of nitrogens with zero attached hydrogens (tertiary/aromatic N) is 3. The molecule has 2 aliphatic rings. The molecule has 0 unspecified atom stereocenters. The number of carbonyl (C=O) groups excluding carboxylic acids is 1. The van der Waals surface area contributed by atoms with Crippen LogP contribution in [0.4, 0.5) is 5.95 Å². The fourth-order valence-electron chi connectivity index (χ4n) is 3.87. The number of benzene rings is 1. The zero-order valence-corrected chi connectivity index (χ0v) is 17.2. The fraction of sp³-hybridized carbons (Fsp3) is 0.476. The Labute approximate surface area is 175 Å². The number of hydrogen-bond donors (Lipinski definition) is 1. The van der Waals surface area contributed by atoms with Crippen LogP contribution in [0.2, 0.25) is 0 Å². The van der Waals surface area contributed by atoms with Crippen LogP contribution in [0, 0.1) is 0 Å². The van der Waals surface area contributed by atoms with Crippen molar-refractivity contribution in [3.8, 4) is 23.3 Å². The first-order chi connectivity index (χ1) is 14.6. The Morgan fingerprint density at radius 3 is 2.50 bits per heavy atom. The highest BCUT2D eigenvalue weighted by atomic mass is 16.7. The molecule has 1 aliphatic heterocycles. The lowest BCUT2D eigenvalue weighted by Gasteiger charge is -2.28. The summed E-state index contributed by atoms with van der Waals surface area (Å²) in [5, 5.41) is 2.77. The summed E-state index contributed by atoms with van der Waals surface area (Å²) in [6.45, 7) is 1.14. The molecule has 0 saturated heterocycles. The van der Waals surface area contributed by atoms with E-state index in [1.807, 2.05) is 18.2 Å². The van der Waals surface area contributed by atoms with Gasteiger partial charge in [0.05, 0.1) is 26.8 Å². The number of anilines is 1.